The van der Waals surface area contributed by atoms with Crippen LogP contribution in [0.1, 0.15) is 0 Å². The zero-order chi connectivity index (χ0) is 6.85. The largest absolute Gasteiger partial charge is 1.00 e. The summed E-state index contributed by atoms with van der Waals surface area (Å²) in [6, 6.07) is 4.14. The predicted octanol–water partition coefficient (Wildman–Crippen LogP) is -0.929. The first-order chi connectivity index (χ1) is 4.18. The van der Waals surface area contributed by atoms with Crippen LogP contribution in [0.25, 0.3) is 0 Å². The third kappa shape index (κ3) is 2.85. The maximum absolute atomic E-state index is 10.5. The Morgan fingerprint density at radius 1 is 1.00 bits per heavy atom. The van der Waals surface area contributed by atoms with E-state index in [0.717, 1.165) is 0 Å². The molecule has 0 fully saturated rings. The first-order valence-corrected chi connectivity index (χ1v) is 3.07. The van der Waals surface area contributed by atoms with E-state index in [-0.39, 0.29) is 24.6 Å². The molecule has 0 aliphatic rings. The molecule has 0 spiro atoms. The molecule has 0 atom stereocenters. The SMILES string of the molecule is [Li+].[O-]c1cc(Cl)cc(Cl)c1. The molecule has 0 radical (unpaired) electrons. The van der Waals surface area contributed by atoms with E-state index in [1.54, 1.807) is 0 Å². The van der Waals surface area contributed by atoms with Crippen LogP contribution in [0.15, 0.2) is 18.2 Å². The Bertz CT molecular complexity index is 177. The summed E-state index contributed by atoms with van der Waals surface area (Å²) in [6.45, 7) is 0. The maximum Gasteiger partial charge on any atom is 1.00 e. The van der Waals surface area contributed by atoms with Gasteiger partial charge in [0.15, 0.2) is 0 Å². The van der Waals surface area contributed by atoms with Gasteiger partial charge in [0.25, 0.3) is 0 Å². The van der Waals surface area contributed by atoms with Gasteiger partial charge >= 0.3 is 18.9 Å². The van der Waals surface area contributed by atoms with Gasteiger partial charge in [-0.15, -0.1) is 5.75 Å². The van der Waals surface area contributed by atoms with Crippen molar-refractivity contribution in [3.05, 3.63) is 28.2 Å². The van der Waals surface area contributed by atoms with Crippen LogP contribution in [0.3, 0.4) is 0 Å². The van der Waals surface area contributed by atoms with Crippen LogP contribution in [-0.4, -0.2) is 0 Å². The summed E-state index contributed by atoms with van der Waals surface area (Å²) < 4.78 is 0. The summed E-state index contributed by atoms with van der Waals surface area (Å²) >= 11 is 10.9. The summed E-state index contributed by atoms with van der Waals surface area (Å²) in [4.78, 5) is 0. The first-order valence-electron chi connectivity index (χ1n) is 2.31. The van der Waals surface area contributed by atoms with Crippen LogP contribution >= 0.6 is 23.2 Å². The minimum atomic E-state index is -0.160. The van der Waals surface area contributed by atoms with Crippen molar-refractivity contribution < 1.29 is 24.0 Å². The van der Waals surface area contributed by atoms with E-state index in [2.05, 4.69) is 0 Å². The van der Waals surface area contributed by atoms with Gasteiger partial charge in [-0.05, 0) is 6.07 Å². The van der Waals surface area contributed by atoms with E-state index in [1.807, 2.05) is 0 Å². The fourth-order valence-corrected chi connectivity index (χ4v) is 1.03. The minimum absolute atomic E-state index is 0. The van der Waals surface area contributed by atoms with E-state index >= 15 is 0 Å². The second-order valence-corrected chi connectivity index (χ2v) is 2.48. The fraction of sp³-hybridized carbons (Fsp3) is 0. The topological polar surface area (TPSA) is 23.1 Å². The number of benzene rings is 1. The fourth-order valence-electron chi connectivity index (χ4n) is 0.529. The van der Waals surface area contributed by atoms with Crippen molar-refractivity contribution in [3.8, 4) is 5.75 Å². The monoisotopic (exact) mass is 168 g/mol. The smallest absolute Gasteiger partial charge is 0.872 e. The third-order valence-corrected chi connectivity index (χ3v) is 1.27. The van der Waals surface area contributed by atoms with Crippen molar-refractivity contribution in [2.75, 3.05) is 0 Å². The summed E-state index contributed by atoms with van der Waals surface area (Å²) in [5.74, 6) is -0.160. The molecule has 0 heterocycles. The Morgan fingerprint density at radius 2 is 1.40 bits per heavy atom. The van der Waals surface area contributed by atoms with E-state index in [4.69, 9.17) is 23.2 Å². The summed E-state index contributed by atoms with van der Waals surface area (Å²) in [5.41, 5.74) is 0. The molecule has 0 bridgehead atoms. The second-order valence-electron chi connectivity index (χ2n) is 1.61. The molecule has 10 heavy (non-hydrogen) atoms. The molecule has 1 nitrogen and oxygen atoms in total. The third-order valence-electron chi connectivity index (χ3n) is 0.836. The Kier molecular flexibility index (Phi) is 4.24. The molecule has 0 saturated carbocycles. The van der Waals surface area contributed by atoms with Crippen molar-refractivity contribution in [2.24, 2.45) is 0 Å². The number of rotatable bonds is 0. The number of halogens is 2. The van der Waals surface area contributed by atoms with Gasteiger partial charge in [-0.2, -0.15) is 0 Å². The Balaban J connectivity index is 0.000000810. The molecule has 1 aromatic rings. The molecule has 1 aromatic carbocycles. The van der Waals surface area contributed by atoms with Gasteiger partial charge in [0.05, 0.1) is 0 Å². The molecule has 0 N–H and O–H groups in total. The molecule has 0 saturated heterocycles. The molecule has 0 amide bonds. The van der Waals surface area contributed by atoms with Crippen LogP contribution < -0.4 is 24.0 Å². The molecule has 4 heteroatoms. The molecule has 0 aliphatic heterocycles. The Hall–Kier alpha value is 0.197. The summed E-state index contributed by atoms with van der Waals surface area (Å²) in [5, 5.41) is 11.3. The van der Waals surface area contributed by atoms with Gasteiger partial charge in [0.2, 0.25) is 0 Å². The van der Waals surface area contributed by atoms with Crippen molar-refractivity contribution in [1.29, 1.82) is 0 Å². The normalized spacial score (nSPS) is 8.60. The quantitative estimate of drug-likeness (QED) is 0.460. The van der Waals surface area contributed by atoms with E-state index in [9.17, 15) is 5.11 Å². The average Bonchev–Trinajstić information content (AvgIpc) is 1.59. The van der Waals surface area contributed by atoms with Crippen molar-refractivity contribution in [1.82, 2.24) is 0 Å². The molecule has 0 aliphatic carbocycles. The van der Waals surface area contributed by atoms with E-state index in [0.29, 0.717) is 10.0 Å². The predicted molar refractivity (Wildman–Crippen MR) is 35.9 cm³/mol. The van der Waals surface area contributed by atoms with Gasteiger partial charge in [0.1, 0.15) is 0 Å². The molecule has 0 aromatic heterocycles. The average molecular weight is 169 g/mol. The summed E-state index contributed by atoms with van der Waals surface area (Å²) in [7, 11) is 0. The van der Waals surface area contributed by atoms with Crippen LogP contribution in [0.2, 0.25) is 10.0 Å². The van der Waals surface area contributed by atoms with Crippen LogP contribution in [0.4, 0.5) is 0 Å². The van der Waals surface area contributed by atoms with Crippen LogP contribution in [-0.2, 0) is 0 Å². The maximum atomic E-state index is 10.5. The Morgan fingerprint density at radius 3 is 1.70 bits per heavy atom. The zero-order valence-electron chi connectivity index (χ0n) is 5.40. The van der Waals surface area contributed by atoms with Crippen LogP contribution in [0, 0.1) is 0 Å². The number of hydrogen-bond acceptors (Lipinski definition) is 1. The molecular formula is C6H3Cl2LiO. The van der Waals surface area contributed by atoms with E-state index in [1.165, 1.54) is 18.2 Å². The van der Waals surface area contributed by atoms with Crippen molar-refractivity contribution >= 4 is 23.2 Å². The minimum Gasteiger partial charge on any atom is -0.872 e. The summed E-state index contributed by atoms with van der Waals surface area (Å²) in [6.07, 6.45) is 0. The van der Waals surface area contributed by atoms with Gasteiger partial charge < -0.3 is 5.11 Å². The zero-order valence-corrected chi connectivity index (χ0v) is 6.91. The standard InChI is InChI=1S/C6H4Cl2O.Li/c7-4-1-5(8)3-6(9)2-4;/h1-3,9H;/q;+1/p-1. The van der Waals surface area contributed by atoms with Crippen LogP contribution in [0.5, 0.6) is 5.75 Å². The van der Waals surface area contributed by atoms with Crippen molar-refractivity contribution in [3.63, 3.8) is 0 Å². The van der Waals surface area contributed by atoms with Crippen molar-refractivity contribution in [2.45, 2.75) is 0 Å². The first kappa shape index (κ1) is 10.2. The van der Waals surface area contributed by atoms with Gasteiger partial charge in [0, 0.05) is 10.0 Å². The molecule has 48 valence electrons. The molecule has 1 rings (SSSR count). The van der Waals surface area contributed by atoms with E-state index < -0.39 is 0 Å². The second kappa shape index (κ2) is 4.15. The van der Waals surface area contributed by atoms with Gasteiger partial charge in [-0.1, -0.05) is 35.3 Å². The molecule has 0 unspecified atom stereocenters. The number of hydrogen-bond donors (Lipinski definition) is 0. The van der Waals surface area contributed by atoms with Gasteiger partial charge in [-0.3, -0.25) is 0 Å². The molecular weight excluding hydrogens is 166 g/mol. The Labute approximate surface area is 81.1 Å². The van der Waals surface area contributed by atoms with Gasteiger partial charge in [-0.25, -0.2) is 0 Å².